The van der Waals surface area contributed by atoms with Crippen LogP contribution in [-0.2, 0) is 17.0 Å². The monoisotopic (exact) mass is 470 g/mol. The number of benzene rings is 3. The molecule has 0 fully saturated rings. The Morgan fingerprint density at radius 3 is 2.48 bits per heavy atom. The van der Waals surface area contributed by atoms with E-state index < -0.39 is 0 Å². The highest BCUT2D eigenvalue weighted by Crippen LogP contribution is 2.33. The summed E-state index contributed by atoms with van der Waals surface area (Å²) in [5.74, 6) is 0.237. The summed E-state index contributed by atoms with van der Waals surface area (Å²) in [5, 5.41) is 2.10. The Morgan fingerprint density at radius 1 is 1.03 bits per heavy atom. The predicted molar refractivity (Wildman–Crippen MR) is 127 cm³/mol. The molecule has 0 aliphatic heterocycles. The highest BCUT2D eigenvalue weighted by Gasteiger charge is 2.16. The number of imidazole rings is 1. The summed E-state index contributed by atoms with van der Waals surface area (Å²) < 4.78 is 7.28. The van der Waals surface area contributed by atoms with Crippen molar-refractivity contribution in [2.45, 2.75) is 24.4 Å². The van der Waals surface area contributed by atoms with Crippen molar-refractivity contribution in [1.82, 2.24) is 9.55 Å². The van der Waals surface area contributed by atoms with Crippen LogP contribution in [0.3, 0.4) is 0 Å². The quantitative estimate of drug-likeness (QED) is 0.218. The molecule has 31 heavy (non-hydrogen) atoms. The van der Waals surface area contributed by atoms with Crippen LogP contribution < -0.4 is 0 Å². The van der Waals surface area contributed by atoms with E-state index >= 15 is 0 Å². The lowest BCUT2D eigenvalue weighted by Crippen LogP contribution is -2.04. The molecule has 0 aliphatic rings. The highest BCUT2D eigenvalue weighted by molar-refractivity contribution is 7.98. The molecule has 0 radical (unpaired) electrons. The molecule has 4 aromatic rings. The van der Waals surface area contributed by atoms with Gasteiger partial charge in [0, 0.05) is 15.8 Å². The number of carbonyl (C=O) groups excluding carboxylic acids is 1. The van der Waals surface area contributed by atoms with E-state index in [1.165, 1.54) is 0 Å². The van der Waals surface area contributed by atoms with Gasteiger partial charge in [0.1, 0.15) is 0 Å². The summed E-state index contributed by atoms with van der Waals surface area (Å²) in [6, 6.07) is 21.2. The molecule has 0 bridgehead atoms. The van der Waals surface area contributed by atoms with Gasteiger partial charge in [0.25, 0.3) is 0 Å². The summed E-state index contributed by atoms with van der Waals surface area (Å²) in [5.41, 5.74) is 4.22. The summed E-state index contributed by atoms with van der Waals surface area (Å²) in [4.78, 5) is 17.0. The number of thioether (sulfide) groups is 1. The molecule has 1 heterocycles. The molecule has 0 N–H and O–H groups in total. The summed E-state index contributed by atoms with van der Waals surface area (Å²) >= 11 is 14.3. The van der Waals surface area contributed by atoms with Crippen molar-refractivity contribution in [2.24, 2.45) is 0 Å². The Bertz CT molecular complexity index is 1200. The van der Waals surface area contributed by atoms with Crippen molar-refractivity contribution in [3.8, 4) is 0 Å². The van der Waals surface area contributed by atoms with Crippen molar-refractivity contribution in [3.63, 3.8) is 0 Å². The first-order valence-corrected chi connectivity index (χ1v) is 11.6. The Labute approximate surface area is 195 Å². The van der Waals surface area contributed by atoms with Gasteiger partial charge in [0.15, 0.2) is 5.16 Å². The van der Waals surface area contributed by atoms with E-state index in [1.54, 1.807) is 30.8 Å². The van der Waals surface area contributed by atoms with E-state index in [0.717, 1.165) is 27.3 Å². The normalized spacial score (nSPS) is 11.1. The molecule has 0 aliphatic carbocycles. The lowest BCUT2D eigenvalue weighted by molar-refractivity contribution is 0.0526. The minimum absolute atomic E-state index is 0.332. The van der Waals surface area contributed by atoms with Gasteiger partial charge in [-0.1, -0.05) is 71.4 Å². The number of esters is 1. The van der Waals surface area contributed by atoms with E-state index in [-0.39, 0.29) is 5.97 Å². The predicted octanol–water partition coefficient (Wildman–Crippen LogP) is 6.86. The fourth-order valence-corrected chi connectivity index (χ4v) is 5.04. The zero-order chi connectivity index (χ0) is 21.8. The maximum absolute atomic E-state index is 12.2. The van der Waals surface area contributed by atoms with Gasteiger partial charge in [-0.15, -0.1) is 0 Å². The van der Waals surface area contributed by atoms with E-state index in [9.17, 15) is 4.79 Å². The van der Waals surface area contributed by atoms with Crippen LogP contribution in [0, 0.1) is 0 Å². The summed E-state index contributed by atoms with van der Waals surface area (Å²) in [7, 11) is 0. The molecule has 0 unspecified atom stereocenters. The number of aromatic nitrogens is 2. The zero-order valence-electron chi connectivity index (χ0n) is 16.8. The highest BCUT2D eigenvalue weighted by atomic mass is 35.5. The largest absolute Gasteiger partial charge is 0.462 e. The molecule has 7 heteroatoms. The average Bonchev–Trinajstić information content (AvgIpc) is 3.11. The topological polar surface area (TPSA) is 44.1 Å². The van der Waals surface area contributed by atoms with Crippen LogP contribution in [0.5, 0.6) is 0 Å². The van der Waals surface area contributed by atoms with Crippen molar-refractivity contribution >= 4 is 52.0 Å². The molecule has 0 saturated heterocycles. The average molecular weight is 471 g/mol. The van der Waals surface area contributed by atoms with Gasteiger partial charge in [-0.2, -0.15) is 0 Å². The Balaban J connectivity index is 1.72. The number of fused-ring (bicyclic) bond motifs is 1. The van der Waals surface area contributed by atoms with Gasteiger partial charge in [0.2, 0.25) is 0 Å². The molecular weight excluding hydrogens is 451 g/mol. The molecule has 0 saturated carbocycles. The van der Waals surface area contributed by atoms with Gasteiger partial charge in [-0.05, 0) is 48.4 Å². The van der Waals surface area contributed by atoms with E-state index in [0.29, 0.717) is 34.5 Å². The van der Waals surface area contributed by atoms with Crippen molar-refractivity contribution in [2.75, 3.05) is 6.61 Å². The van der Waals surface area contributed by atoms with Gasteiger partial charge in [-0.3, -0.25) is 0 Å². The van der Waals surface area contributed by atoms with Crippen LogP contribution in [-0.4, -0.2) is 22.1 Å². The van der Waals surface area contributed by atoms with E-state index in [1.807, 2.05) is 42.5 Å². The maximum Gasteiger partial charge on any atom is 0.338 e. The number of hydrogen-bond acceptors (Lipinski definition) is 4. The Hall–Kier alpha value is -2.47. The number of rotatable bonds is 7. The standard InChI is InChI=1S/C24H20Cl2N2O2S/c1-2-30-23(29)17-11-12-22-21(13-17)27-24(28(22)14-16-7-4-3-5-8-16)31-15-18-19(25)9-6-10-20(18)26/h3-13H,2,14-15H2,1H3. The molecule has 0 amide bonds. The van der Waals surface area contributed by atoms with Crippen LogP contribution >= 0.6 is 35.0 Å². The van der Waals surface area contributed by atoms with Gasteiger partial charge >= 0.3 is 5.97 Å². The molecule has 0 atom stereocenters. The fourth-order valence-electron chi connectivity index (χ4n) is 3.29. The first kappa shape index (κ1) is 21.8. The smallest absolute Gasteiger partial charge is 0.338 e. The molecule has 1 aromatic heterocycles. The Morgan fingerprint density at radius 2 is 1.77 bits per heavy atom. The first-order chi connectivity index (χ1) is 15.1. The fraction of sp³-hybridized carbons (Fsp3) is 0.167. The lowest BCUT2D eigenvalue weighted by Gasteiger charge is -2.10. The molecule has 4 rings (SSSR count). The third kappa shape index (κ3) is 4.90. The van der Waals surface area contributed by atoms with Crippen molar-refractivity contribution in [3.05, 3.63) is 93.5 Å². The van der Waals surface area contributed by atoms with Crippen LogP contribution in [0.15, 0.2) is 71.9 Å². The SMILES string of the molecule is CCOC(=O)c1ccc2c(c1)nc(SCc1c(Cl)cccc1Cl)n2Cc1ccccc1. The Kier molecular flexibility index (Phi) is 6.86. The van der Waals surface area contributed by atoms with Crippen LogP contribution in [0.4, 0.5) is 0 Å². The second kappa shape index (κ2) is 9.77. The van der Waals surface area contributed by atoms with Gasteiger partial charge < -0.3 is 9.30 Å². The van der Waals surface area contributed by atoms with Gasteiger partial charge in [-0.25, -0.2) is 9.78 Å². The molecular formula is C24H20Cl2N2O2S. The van der Waals surface area contributed by atoms with E-state index in [4.69, 9.17) is 32.9 Å². The molecule has 158 valence electrons. The van der Waals surface area contributed by atoms with E-state index in [2.05, 4.69) is 16.7 Å². The molecule has 0 spiro atoms. The molecule has 3 aromatic carbocycles. The second-order valence-electron chi connectivity index (χ2n) is 6.88. The summed E-state index contributed by atoms with van der Waals surface area (Å²) in [6.07, 6.45) is 0. The van der Waals surface area contributed by atoms with Crippen LogP contribution in [0.2, 0.25) is 10.0 Å². The number of ether oxygens (including phenoxy) is 1. The minimum atomic E-state index is -0.348. The number of hydrogen-bond donors (Lipinski definition) is 0. The maximum atomic E-state index is 12.2. The van der Waals surface area contributed by atoms with Crippen LogP contribution in [0.1, 0.15) is 28.4 Å². The number of carbonyl (C=O) groups is 1. The first-order valence-electron chi connectivity index (χ1n) is 9.84. The lowest BCUT2D eigenvalue weighted by atomic mass is 10.2. The number of nitrogens with zero attached hydrogens (tertiary/aromatic N) is 2. The van der Waals surface area contributed by atoms with Crippen molar-refractivity contribution in [1.29, 1.82) is 0 Å². The van der Waals surface area contributed by atoms with Gasteiger partial charge in [0.05, 0.1) is 29.7 Å². The second-order valence-corrected chi connectivity index (χ2v) is 8.64. The minimum Gasteiger partial charge on any atom is -0.462 e. The number of halogens is 2. The van der Waals surface area contributed by atoms with Crippen LogP contribution in [0.25, 0.3) is 11.0 Å². The summed E-state index contributed by atoms with van der Waals surface area (Å²) in [6.45, 7) is 2.79. The molecule has 4 nitrogen and oxygen atoms in total. The zero-order valence-corrected chi connectivity index (χ0v) is 19.2. The third-order valence-corrected chi connectivity index (χ3v) is 6.53. The third-order valence-electron chi connectivity index (χ3n) is 4.82. The van der Waals surface area contributed by atoms with Crippen molar-refractivity contribution < 1.29 is 9.53 Å².